The quantitative estimate of drug-likeness (QED) is 0.458. The summed E-state index contributed by atoms with van der Waals surface area (Å²) >= 11 is 0. The van der Waals surface area contributed by atoms with E-state index in [4.69, 9.17) is 10.5 Å². The number of rotatable bonds is 9. The molecule has 0 aliphatic carbocycles. The Kier molecular flexibility index (Phi) is 7.24. The number of carbonyl (C=O) groups is 2. The minimum absolute atomic E-state index is 0.00923. The molecule has 0 aromatic heterocycles. The Morgan fingerprint density at radius 2 is 1.56 bits per heavy atom. The van der Waals surface area contributed by atoms with Crippen LogP contribution in [0.5, 0.6) is 5.75 Å². The number of sulfonamides is 1. The molecule has 8 nitrogen and oxygen atoms in total. The second-order valence-electron chi connectivity index (χ2n) is 6.97. The number of amides is 2. The van der Waals surface area contributed by atoms with Crippen LogP contribution in [0.2, 0.25) is 0 Å². The van der Waals surface area contributed by atoms with Crippen molar-refractivity contribution in [1.29, 1.82) is 0 Å². The summed E-state index contributed by atoms with van der Waals surface area (Å²) in [6.45, 7) is 0. The van der Waals surface area contributed by atoms with E-state index >= 15 is 0 Å². The van der Waals surface area contributed by atoms with E-state index in [1.54, 1.807) is 0 Å². The maximum atomic E-state index is 13.0. The van der Waals surface area contributed by atoms with Crippen molar-refractivity contribution in [2.75, 3.05) is 12.4 Å². The van der Waals surface area contributed by atoms with Gasteiger partial charge in [-0.2, -0.15) is 4.72 Å². The Morgan fingerprint density at radius 1 is 0.938 bits per heavy atom. The number of methoxy groups -OCH3 is 1. The molecular formula is C23H23N3O5S. The van der Waals surface area contributed by atoms with E-state index in [1.807, 2.05) is 30.3 Å². The Labute approximate surface area is 186 Å². The molecule has 9 heteroatoms. The third-order valence-electron chi connectivity index (χ3n) is 4.70. The Bertz CT molecular complexity index is 1180. The molecule has 0 aliphatic heterocycles. The van der Waals surface area contributed by atoms with Gasteiger partial charge in [-0.15, -0.1) is 0 Å². The van der Waals surface area contributed by atoms with Crippen LogP contribution in [0, 0.1) is 0 Å². The third-order valence-corrected chi connectivity index (χ3v) is 6.19. The van der Waals surface area contributed by atoms with E-state index in [1.165, 1.54) is 55.6 Å². The minimum atomic E-state index is -3.99. The number of carbonyl (C=O) groups excluding carboxylic acids is 2. The molecular weight excluding hydrogens is 430 g/mol. The van der Waals surface area contributed by atoms with Gasteiger partial charge in [-0.1, -0.05) is 30.3 Å². The SMILES string of the molecule is COc1ccc(S(=O)(=O)NC(Cc2ccccc2)C(=O)Nc2ccc(C(N)=O)cc2)cc1. The zero-order valence-electron chi connectivity index (χ0n) is 17.3. The average molecular weight is 454 g/mol. The zero-order chi connectivity index (χ0) is 23.1. The minimum Gasteiger partial charge on any atom is -0.497 e. The van der Waals surface area contributed by atoms with Crippen LogP contribution in [-0.4, -0.2) is 33.4 Å². The van der Waals surface area contributed by atoms with Crippen LogP contribution in [-0.2, 0) is 21.2 Å². The Morgan fingerprint density at radius 3 is 2.12 bits per heavy atom. The van der Waals surface area contributed by atoms with Crippen molar-refractivity contribution < 1.29 is 22.7 Å². The highest BCUT2D eigenvalue weighted by molar-refractivity contribution is 7.89. The van der Waals surface area contributed by atoms with Crippen molar-refractivity contribution in [2.24, 2.45) is 5.73 Å². The number of nitrogens with two attached hydrogens (primary N) is 1. The zero-order valence-corrected chi connectivity index (χ0v) is 18.1. The number of hydrogen-bond acceptors (Lipinski definition) is 5. The van der Waals surface area contributed by atoms with Crippen LogP contribution < -0.4 is 20.5 Å². The van der Waals surface area contributed by atoms with Gasteiger partial charge in [-0.05, 0) is 60.5 Å². The van der Waals surface area contributed by atoms with Crippen molar-refractivity contribution >= 4 is 27.5 Å². The largest absolute Gasteiger partial charge is 0.497 e. The molecule has 0 fully saturated rings. The van der Waals surface area contributed by atoms with Gasteiger partial charge in [0.05, 0.1) is 12.0 Å². The normalized spacial score (nSPS) is 12.0. The van der Waals surface area contributed by atoms with Crippen LogP contribution in [0.1, 0.15) is 15.9 Å². The molecule has 0 aliphatic rings. The standard InChI is InChI=1S/C23H23N3O5S/c1-31-19-11-13-20(14-12-19)32(29,30)26-21(15-16-5-3-2-4-6-16)23(28)25-18-9-7-17(8-10-18)22(24)27/h2-14,21,26H,15H2,1H3,(H2,24,27)(H,25,28). The maximum Gasteiger partial charge on any atom is 0.248 e. The summed E-state index contributed by atoms with van der Waals surface area (Å²) in [5.74, 6) is -0.614. The van der Waals surface area contributed by atoms with Crippen molar-refractivity contribution in [1.82, 2.24) is 4.72 Å². The molecule has 32 heavy (non-hydrogen) atoms. The fourth-order valence-corrected chi connectivity index (χ4v) is 4.19. The van der Waals surface area contributed by atoms with E-state index in [0.29, 0.717) is 17.0 Å². The van der Waals surface area contributed by atoms with Gasteiger partial charge in [0.2, 0.25) is 21.8 Å². The van der Waals surface area contributed by atoms with Crippen molar-refractivity contribution in [3.8, 4) is 5.75 Å². The van der Waals surface area contributed by atoms with Crippen LogP contribution in [0.4, 0.5) is 5.69 Å². The highest BCUT2D eigenvalue weighted by Crippen LogP contribution is 2.17. The summed E-state index contributed by atoms with van der Waals surface area (Å²) in [6, 6.07) is 19.9. The van der Waals surface area contributed by atoms with Crippen molar-refractivity contribution in [2.45, 2.75) is 17.4 Å². The number of nitrogens with one attached hydrogen (secondary N) is 2. The highest BCUT2D eigenvalue weighted by atomic mass is 32.2. The predicted octanol–water partition coefficient (Wildman–Crippen LogP) is 2.32. The van der Waals surface area contributed by atoms with Gasteiger partial charge < -0.3 is 15.8 Å². The van der Waals surface area contributed by atoms with E-state index < -0.39 is 27.9 Å². The van der Waals surface area contributed by atoms with Crippen molar-refractivity contribution in [3.63, 3.8) is 0 Å². The first-order valence-corrected chi connectivity index (χ1v) is 11.2. The summed E-state index contributed by atoms with van der Waals surface area (Å²) in [6.07, 6.45) is 0.140. The van der Waals surface area contributed by atoms with Gasteiger partial charge in [0.1, 0.15) is 11.8 Å². The summed E-state index contributed by atoms with van der Waals surface area (Å²) in [4.78, 5) is 24.2. The monoisotopic (exact) mass is 453 g/mol. The van der Waals surface area contributed by atoms with Gasteiger partial charge in [0.15, 0.2) is 0 Å². The van der Waals surface area contributed by atoms with Gasteiger partial charge in [0, 0.05) is 11.3 Å². The lowest BCUT2D eigenvalue weighted by Crippen LogP contribution is -2.45. The summed E-state index contributed by atoms with van der Waals surface area (Å²) < 4.78 is 33.4. The number of anilines is 1. The molecule has 166 valence electrons. The highest BCUT2D eigenvalue weighted by Gasteiger charge is 2.26. The molecule has 0 spiro atoms. The molecule has 0 heterocycles. The molecule has 0 radical (unpaired) electrons. The maximum absolute atomic E-state index is 13.0. The van der Waals surface area contributed by atoms with Crippen molar-refractivity contribution in [3.05, 3.63) is 90.0 Å². The molecule has 4 N–H and O–H groups in total. The molecule has 0 saturated carbocycles. The summed E-state index contributed by atoms with van der Waals surface area (Å²) in [7, 11) is -2.50. The van der Waals surface area contributed by atoms with E-state index in [0.717, 1.165) is 5.56 Å². The lowest BCUT2D eigenvalue weighted by molar-refractivity contribution is -0.117. The summed E-state index contributed by atoms with van der Waals surface area (Å²) in [5, 5.41) is 2.68. The first-order chi connectivity index (χ1) is 15.3. The molecule has 3 aromatic rings. The van der Waals surface area contributed by atoms with Gasteiger partial charge >= 0.3 is 0 Å². The number of ether oxygens (including phenoxy) is 1. The van der Waals surface area contributed by atoms with Crippen LogP contribution in [0.15, 0.2) is 83.8 Å². The fourth-order valence-electron chi connectivity index (χ4n) is 3.00. The molecule has 0 bridgehead atoms. The smallest absolute Gasteiger partial charge is 0.248 e. The van der Waals surface area contributed by atoms with E-state index in [9.17, 15) is 18.0 Å². The number of primary amides is 1. The fraction of sp³-hybridized carbons (Fsp3) is 0.130. The second kappa shape index (κ2) is 10.1. The molecule has 0 saturated heterocycles. The summed E-state index contributed by atoms with van der Waals surface area (Å²) in [5.41, 5.74) is 6.72. The van der Waals surface area contributed by atoms with Crippen LogP contribution >= 0.6 is 0 Å². The van der Waals surface area contributed by atoms with Gasteiger partial charge in [0.25, 0.3) is 0 Å². The molecule has 2 amide bonds. The average Bonchev–Trinajstić information content (AvgIpc) is 2.79. The topological polar surface area (TPSA) is 128 Å². The molecule has 1 unspecified atom stereocenters. The van der Waals surface area contributed by atoms with Crippen LogP contribution in [0.3, 0.4) is 0 Å². The number of benzene rings is 3. The molecule has 1 atom stereocenters. The first-order valence-electron chi connectivity index (χ1n) is 9.69. The Balaban J connectivity index is 1.83. The lowest BCUT2D eigenvalue weighted by Gasteiger charge is -2.19. The van der Waals surface area contributed by atoms with E-state index in [-0.39, 0.29) is 11.3 Å². The first kappa shape index (κ1) is 23.0. The molecule has 3 rings (SSSR count). The predicted molar refractivity (Wildman–Crippen MR) is 121 cm³/mol. The van der Waals surface area contributed by atoms with Crippen LogP contribution in [0.25, 0.3) is 0 Å². The number of hydrogen-bond donors (Lipinski definition) is 3. The second-order valence-corrected chi connectivity index (χ2v) is 8.68. The lowest BCUT2D eigenvalue weighted by atomic mass is 10.1. The third kappa shape index (κ3) is 5.93. The van der Waals surface area contributed by atoms with E-state index in [2.05, 4.69) is 10.0 Å². The molecule has 3 aromatic carbocycles. The Hall–Kier alpha value is -3.69. The van der Waals surface area contributed by atoms with Gasteiger partial charge in [-0.3, -0.25) is 9.59 Å². The van der Waals surface area contributed by atoms with Gasteiger partial charge in [-0.25, -0.2) is 8.42 Å².